The van der Waals surface area contributed by atoms with Gasteiger partial charge in [0, 0.05) is 20.2 Å². The molecule has 0 spiro atoms. The Morgan fingerprint density at radius 2 is 1.66 bits per heavy atom. The molecule has 0 bridgehead atoms. The summed E-state index contributed by atoms with van der Waals surface area (Å²) in [6, 6.07) is 20.8. The zero-order valence-electron chi connectivity index (χ0n) is 19.5. The molecule has 2 aromatic carbocycles. The first-order valence-electron chi connectivity index (χ1n) is 11.2. The molecule has 0 radical (unpaired) electrons. The summed E-state index contributed by atoms with van der Waals surface area (Å²) < 4.78 is 7.95. The van der Waals surface area contributed by atoms with Crippen LogP contribution in [-0.4, -0.2) is 33.9 Å². The number of benzene rings is 2. The van der Waals surface area contributed by atoms with E-state index >= 15 is 0 Å². The average Bonchev–Trinajstić information content (AvgIpc) is 3.15. The minimum atomic E-state index is 0.0831. The van der Waals surface area contributed by atoms with Gasteiger partial charge >= 0.3 is 0 Å². The Labute approximate surface area is 190 Å². The molecule has 0 fully saturated rings. The first-order valence-corrected chi connectivity index (χ1v) is 11.2. The van der Waals surface area contributed by atoms with Gasteiger partial charge in [0.15, 0.2) is 11.8 Å². The Morgan fingerprint density at radius 1 is 1.00 bits per heavy atom. The van der Waals surface area contributed by atoms with Crippen molar-refractivity contribution in [3.05, 3.63) is 83.4 Å². The van der Waals surface area contributed by atoms with Crippen LogP contribution in [0.1, 0.15) is 55.2 Å². The third-order valence-corrected chi connectivity index (χ3v) is 5.46. The van der Waals surface area contributed by atoms with Gasteiger partial charge in [-0.2, -0.15) is 0 Å². The van der Waals surface area contributed by atoms with Crippen molar-refractivity contribution >= 4 is 5.96 Å². The van der Waals surface area contributed by atoms with E-state index in [4.69, 9.17) is 9.73 Å². The lowest BCUT2D eigenvalue weighted by Crippen LogP contribution is -2.39. The van der Waals surface area contributed by atoms with Crippen molar-refractivity contribution in [1.82, 2.24) is 25.4 Å². The number of guanidine groups is 1. The van der Waals surface area contributed by atoms with Gasteiger partial charge in [-0.1, -0.05) is 60.7 Å². The van der Waals surface area contributed by atoms with E-state index in [-0.39, 0.29) is 12.1 Å². The fourth-order valence-corrected chi connectivity index (χ4v) is 3.28. The van der Waals surface area contributed by atoms with E-state index < -0.39 is 0 Å². The third-order valence-electron chi connectivity index (χ3n) is 5.46. The van der Waals surface area contributed by atoms with Gasteiger partial charge < -0.3 is 19.9 Å². The van der Waals surface area contributed by atoms with E-state index in [0.29, 0.717) is 13.2 Å². The lowest BCUT2D eigenvalue weighted by molar-refractivity contribution is 0.0646. The van der Waals surface area contributed by atoms with E-state index in [0.717, 1.165) is 30.6 Å². The smallest absolute Gasteiger partial charge is 0.192 e. The molecule has 32 heavy (non-hydrogen) atoms. The molecule has 1 heterocycles. The van der Waals surface area contributed by atoms with Crippen LogP contribution in [0.5, 0.6) is 0 Å². The van der Waals surface area contributed by atoms with Crippen LogP contribution in [0.25, 0.3) is 0 Å². The Balaban J connectivity index is 1.54. The van der Waals surface area contributed by atoms with Gasteiger partial charge in [-0.15, -0.1) is 10.2 Å². The Morgan fingerprint density at radius 3 is 2.28 bits per heavy atom. The fourth-order valence-electron chi connectivity index (χ4n) is 3.28. The van der Waals surface area contributed by atoms with E-state index in [1.165, 1.54) is 11.1 Å². The molecule has 0 aliphatic heterocycles. The van der Waals surface area contributed by atoms with Gasteiger partial charge in [-0.3, -0.25) is 0 Å². The molecule has 1 aromatic heterocycles. The zero-order valence-corrected chi connectivity index (χ0v) is 19.5. The van der Waals surface area contributed by atoms with Crippen LogP contribution < -0.4 is 10.6 Å². The second kappa shape index (κ2) is 12.0. The van der Waals surface area contributed by atoms with Crippen LogP contribution in [0.4, 0.5) is 0 Å². The van der Waals surface area contributed by atoms with Crippen molar-refractivity contribution in [3.63, 3.8) is 0 Å². The highest BCUT2D eigenvalue weighted by atomic mass is 16.5. The maximum Gasteiger partial charge on any atom is 0.192 e. The predicted molar refractivity (Wildman–Crippen MR) is 128 cm³/mol. The first kappa shape index (κ1) is 23.5. The molecule has 7 heteroatoms. The third kappa shape index (κ3) is 6.92. The minimum Gasteiger partial charge on any atom is -0.374 e. The summed E-state index contributed by atoms with van der Waals surface area (Å²) in [7, 11) is 1.96. The van der Waals surface area contributed by atoms with Crippen molar-refractivity contribution in [2.75, 3.05) is 13.2 Å². The Kier molecular flexibility index (Phi) is 8.80. The molecule has 0 aliphatic carbocycles. The van der Waals surface area contributed by atoms with Crippen molar-refractivity contribution in [3.8, 4) is 0 Å². The molecule has 0 saturated heterocycles. The zero-order chi connectivity index (χ0) is 22.8. The molecule has 0 aliphatic rings. The summed E-state index contributed by atoms with van der Waals surface area (Å²) in [5.41, 5.74) is 2.40. The number of aromatic nitrogens is 3. The summed E-state index contributed by atoms with van der Waals surface area (Å²) in [6.45, 7) is 8.03. The second-order valence-electron chi connectivity index (χ2n) is 7.87. The van der Waals surface area contributed by atoms with E-state index in [2.05, 4.69) is 58.9 Å². The number of ether oxygens (including phenoxy) is 1. The number of nitrogens with one attached hydrogen (secondary N) is 2. The van der Waals surface area contributed by atoms with Gasteiger partial charge in [-0.25, -0.2) is 4.99 Å². The van der Waals surface area contributed by atoms with E-state index in [9.17, 15) is 0 Å². The number of rotatable bonds is 10. The molecule has 2 atom stereocenters. The van der Waals surface area contributed by atoms with Crippen LogP contribution in [-0.2, 0) is 18.3 Å². The molecular weight excluding hydrogens is 400 g/mol. The molecule has 0 amide bonds. The van der Waals surface area contributed by atoms with Gasteiger partial charge in [0.05, 0.1) is 12.1 Å². The maximum atomic E-state index is 5.99. The summed E-state index contributed by atoms with van der Waals surface area (Å²) in [5.74, 6) is 2.45. The first-order chi connectivity index (χ1) is 15.5. The lowest BCUT2D eigenvalue weighted by Gasteiger charge is -2.19. The minimum absolute atomic E-state index is 0.0831. The number of hydrogen-bond acceptors (Lipinski definition) is 4. The molecule has 0 saturated carbocycles. The Bertz CT molecular complexity index is 971. The van der Waals surface area contributed by atoms with Crippen LogP contribution in [0.15, 0.2) is 65.7 Å². The molecule has 2 N–H and O–H groups in total. The molecule has 3 rings (SSSR count). The molecule has 170 valence electrons. The van der Waals surface area contributed by atoms with Crippen LogP contribution in [0.2, 0.25) is 0 Å². The molecular formula is C25H34N6O. The summed E-state index contributed by atoms with van der Waals surface area (Å²) in [6.07, 6.45) is 0.959. The summed E-state index contributed by atoms with van der Waals surface area (Å²) >= 11 is 0. The molecule has 3 aromatic rings. The molecule has 2 unspecified atom stereocenters. The van der Waals surface area contributed by atoms with Gasteiger partial charge in [0.25, 0.3) is 0 Å². The highest BCUT2D eigenvalue weighted by molar-refractivity contribution is 5.80. The van der Waals surface area contributed by atoms with Crippen molar-refractivity contribution in [2.24, 2.45) is 12.0 Å². The summed E-state index contributed by atoms with van der Waals surface area (Å²) in [5, 5.41) is 15.3. The SMILES string of the molecule is Cc1nnc(CN=C(NCCCOC(C)c2ccccc2)NC(C)c2ccccc2)n1C. The van der Waals surface area contributed by atoms with Crippen molar-refractivity contribution < 1.29 is 4.74 Å². The lowest BCUT2D eigenvalue weighted by atomic mass is 10.1. The largest absolute Gasteiger partial charge is 0.374 e. The standard InChI is InChI=1S/C25H34N6O/c1-19(22-12-7-5-8-13-22)28-25(27-18-24-30-29-21(3)31(24)4)26-16-11-17-32-20(2)23-14-9-6-10-15-23/h5-10,12-15,19-20H,11,16-18H2,1-4H3,(H2,26,27,28). The van der Waals surface area contributed by atoms with Crippen molar-refractivity contribution in [1.29, 1.82) is 0 Å². The average molecular weight is 435 g/mol. The number of aryl methyl sites for hydroxylation is 1. The molecule has 7 nitrogen and oxygen atoms in total. The Hall–Kier alpha value is -3.19. The van der Waals surface area contributed by atoms with Crippen LogP contribution in [0.3, 0.4) is 0 Å². The topological polar surface area (TPSA) is 76.4 Å². The number of hydrogen-bond donors (Lipinski definition) is 2. The van der Waals surface area contributed by atoms with Gasteiger partial charge in [0.2, 0.25) is 0 Å². The highest BCUT2D eigenvalue weighted by Crippen LogP contribution is 2.15. The number of aliphatic imine (C=N–C) groups is 1. The van der Waals surface area contributed by atoms with E-state index in [1.54, 1.807) is 0 Å². The van der Waals surface area contributed by atoms with Crippen LogP contribution in [0, 0.1) is 6.92 Å². The predicted octanol–water partition coefficient (Wildman–Crippen LogP) is 4.09. The highest BCUT2D eigenvalue weighted by Gasteiger charge is 2.10. The summed E-state index contributed by atoms with van der Waals surface area (Å²) in [4.78, 5) is 4.74. The van der Waals surface area contributed by atoms with Gasteiger partial charge in [-0.05, 0) is 38.3 Å². The van der Waals surface area contributed by atoms with E-state index in [1.807, 2.05) is 54.9 Å². The fraction of sp³-hybridized carbons (Fsp3) is 0.400. The number of nitrogens with zero attached hydrogens (tertiary/aromatic N) is 4. The quantitative estimate of drug-likeness (QED) is 0.286. The van der Waals surface area contributed by atoms with Gasteiger partial charge in [0.1, 0.15) is 12.4 Å². The normalized spacial score (nSPS) is 13.6. The van der Waals surface area contributed by atoms with Crippen molar-refractivity contribution in [2.45, 2.75) is 45.9 Å². The van der Waals surface area contributed by atoms with Crippen LogP contribution >= 0.6 is 0 Å². The monoisotopic (exact) mass is 434 g/mol. The maximum absolute atomic E-state index is 5.99. The second-order valence-corrected chi connectivity index (χ2v) is 7.87.